The van der Waals surface area contributed by atoms with E-state index in [1.165, 1.54) is 0 Å². The average molecular weight is 421 g/mol. The topological polar surface area (TPSA) is 72.8 Å². The fourth-order valence-corrected chi connectivity index (χ4v) is 1.22. The number of aliphatic hydroxyl groups excluding tert-OH is 1. The van der Waals surface area contributed by atoms with Gasteiger partial charge in [0, 0.05) is 0 Å². The highest BCUT2D eigenvalue weighted by atomic mass is 80.0. The van der Waals surface area contributed by atoms with Gasteiger partial charge in [0.05, 0.1) is 7.11 Å². The fourth-order valence-electron chi connectivity index (χ4n) is 0.625. The molecule has 0 amide bonds. The smallest absolute Gasteiger partial charge is 0.363 e. The van der Waals surface area contributed by atoms with Gasteiger partial charge in [-0.2, -0.15) is 0 Å². The Morgan fingerprint density at radius 1 is 1.31 bits per heavy atom. The minimum Gasteiger partial charge on any atom is -0.508 e. The summed E-state index contributed by atoms with van der Waals surface area (Å²) in [5.41, 5.74) is -0.730. The van der Waals surface area contributed by atoms with Crippen molar-refractivity contribution in [3.8, 4) is 12.5 Å². The number of aliphatic hydroxyl groups is 1. The minimum absolute atomic E-state index is 0.681. The van der Waals surface area contributed by atoms with Gasteiger partial charge >= 0.3 is 11.9 Å². The molecule has 0 rings (SSSR count). The highest BCUT2D eigenvalue weighted by Crippen LogP contribution is 2.41. The molecule has 0 aliphatic heterocycles. The van der Waals surface area contributed by atoms with Crippen molar-refractivity contribution in [1.82, 2.24) is 0 Å². The predicted molar refractivity (Wildman–Crippen MR) is 66.1 cm³/mol. The summed E-state index contributed by atoms with van der Waals surface area (Å²) in [7, 11) is 1.04. The first-order chi connectivity index (χ1) is 7.25. The van der Waals surface area contributed by atoms with Gasteiger partial charge in [-0.3, -0.25) is 0 Å². The van der Waals surface area contributed by atoms with Crippen molar-refractivity contribution >= 4 is 59.7 Å². The third-order valence-electron chi connectivity index (χ3n) is 1.25. The van der Waals surface area contributed by atoms with Crippen molar-refractivity contribution in [3.05, 3.63) is 11.3 Å². The molecule has 0 radical (unpaired) electrons. The number of ether oxygens (including phenoxy) is 2. The average Bonchev–Trinajstić information content (AvgIpc) is 2.16. The van der Waals surface area contributed by atoms with E-state index in [0.717, 1.165) is 7.11 Å². The van der Waals surface area contributed by atoms with Crippen LogP contribution in [0.25, 0.3) is 0 Å². The highest BCUT2D eigenvalue weighted by molar-refractivity contribution is 9.39. The number of rotatable bonds is 2. The Morgan fingerprint density at radius 2 is 1.81 bits per heavy atom. The fraction of sp³-hybridized carbons (Fsp3) is 0.250. The lowest BCUT2D eigenvalue weighted by Crippen LogP contribution is -2.22. The van der Waals surface area contributed by atoms with E-state index in [4.69, 9.17) is 6.42 Å². The van der Waals surface area contributed by atoms with E-state index in [-0.39, 0.29) is 0 Å². The van der Waals surface area contributed by atoms with Gasteiger partial charge in [0.2, 0.25) is 0 Å². The molecule has 0 aromatic carbocycles. The molecular formula is C8H5Br3O5. The standard InChI is InChI=1S/C8H5Br3O5/c1-3-16-7(14)4(6(13)15-2)5(12)8(9,10)11/h1,12H,2H3/b5-4+. The molecule has 0 spiro atoms. The lowest BCUT2D eigenvalue weighted by atomic mass is 10.2. The largest absolute Gasteiger partial charge is 0.508 e. The molecule has 0 saturated carbocycles. The maximum Gasteiger partial charge on any atom is 0.363 e. The van der Waals surface area contributed by atoms with Gasteiger partial charge in [0.15, 0.2) is 13.5 Å². The van der Waals surface area contributed by atoms with Gasteiger partial charge in [-0.1, -0.05) is 54.2 Å². The first kappa shape index (κ1) is 15.5. The van der Waals surface area contributed by atoms with Crippen LogP contribution >= 0.6 is 47.8 Å². The van der Waals surface area contributed by atoms with Crippen molar-refractivity contribution < 1.29 is 24.2 Å². The number of alkyl halides is 3. The first-order valence-corrected chi connectivity index (χ1v) is 5.89. The van der Waals surface area contributed by atoms with Crippen LogP contribution in [0.3, 0.4) is 0 Å². The molecule has 0 aromatic rings. The number of hydrogen-bond donors (Lipinski definition) is 1. The van der Waals surface area contributed by atoms with Crippen LogP contribution in [0, 0.1) is 12.5 Å². The molecule has 8 heteroatoms. The van der Waals surface area contributed by atoms with Crippen LogP contribution in [-0.2, 0) is 19.1 Å². The van der Waals surface area contributed by atoms with E-state index in [1.807, 2.05) is 0 Å². The molecule has 0 atom stereocenters. The molecule has 0 heterocycles. The molecule has 0 bridgehead atoms. The normalized spacial score (nSPS) is 12.2. The van der Waals surface area contributed by atoms with E-state index in [2.05, 4.69) is 57.3 Å². The maximum atomic E-state index is 11.3. The second-order valence-corrected chi connectivity index (χ2v) is 8.98. The van der Waals surface area contributed by atoms with Crippen LogP contribution in [0.1, 0.15) is 0 Å². The van der Waals surface area contributed by atoms with Crippen molar-refractivity contribution in [1.29, 1.82) is 0 Å². The molecule has 5 nitrogen and oxygen atoms in total. The summed E-state index contributed by atoms with van der Waals surface area (Å²) < 4.78 is 7.10. The summed E-state index contributed by atoms with van der Waals surface area (Å²) in [5.74, 6) is -2.96. The van der Waals surface area contributed by atoms with E-state index >= 15 is 0 Å². The van der Waals surface area contributed by atoms with E-state index < -0.39 is 25.4 Å². The number of terminal acetylenes is 1. The summed E-state index contributed by atoms with van der Waals surface area (Å²) in [6.45, 7) is 0. The number of halogens is 3. The molecule has 0 aliphatic rings. The summed E-state index contributed by atoms with van der Waals surface area (Å²) in [6, 6.07) is 0. The van der Waals surface area contributed by atoms with Crippen molar-refractivity contribution in [2.75, 3.05) is 7.11 Å². The lowest BCUT2D eigenvalue weighted by molar-refractivity contribution is -0.142. The second-order valence-electron chi connectivity index (χ2n) is 2.22. The van der Waals surface area contributed by atoms with Crippen LogP contribution in [0.15, 0.2) is 11.3 Å². The number of carbonyl (C=O) groups is 2. The molecule has 0 saturated heterocycles. The van der Waals surface area contributed by atoms with Crippen LogP contribution in [0.2, 0.25) is 0 Å². The van der Waals surface area contributed by atoms with Gasteiger partial charge in [-0.25, -0.2) is 9.59 Å². The van der Waals surface area contributed by atoms with Crippen LogP contribution in [0.5, 0.6) is 0 Å². The Hall–Kier alpha value is -0.520. The van der Waals surface area contributed by atoms with E-state index in [0.29, 0.717) is 0 Å². The molecule has 0 fully saturated rings. The highest BCUT2D eigenvalue weighted by Gasteiger charge is 2.35. The monoisotopic (exact) mass is 418 g/mol. The van der Waals surface area contributed by atoms with Crippen molar-refractivity contribution in [2.45, 2.75) is 2.14 Å². The zero-order valence-electron chi connectivity index (χ0n) is 7.79. The van der Waals surface area contributed by atoms with Crippen LogP contribution in [0.4, 0.5) is 0 Å². The summed E-state index contributed by atoms with van der Waals surface area (Å²) in [5, 5.41) is 9.61. The molecule has 88 valence electrons. The molecule has 1 N–H and O–H groups in total. The Kier molecular flexibility index (Phi) is 6.07. The van der Waals surface area contributed by atoms with Crippen molar-refractivity contribution in [3.63, 3.8) is 0 Å². The quantitative estimate of drug-likeness (QED) is 0.141. The Morgan fingerprint density at radius 3 is 2.12 bits per heavy atom. The molecule has 0 aliphatic carbocycles. The minimum atomic E-state index is -1.36. The number of esters is 2. The molecule has 0 aromatic heterocycles. The van der Waals surface area contributed by atoms with Gasteiger partial charge in [0.25, 0.3) is 0 Å². The van der Waals surface area contributed by atoms with Gasteiger partial charge in [-0.15, -0.1) is 0 Å². The lowest BCUT2D eigenvalue weighted by Gasteiger charge is -2.13. The third kappa shape index (κ3) is 4.15. The summed E-state index contributed by atoms with van der Waals surface area (Å²) >= 11 is 8.76. The Labute approximate surface area is 117 Å². The zero-order valence-corrected chi connectivity index (χ0v) is 12.5. The molecular weight excluding hydrogens is 416 g/mol. The Balaban J connectivity index is 5.52. The van der Waals surface area contributed by atoms with Gasteiger partial charge in [-0.05, 0) is 0 Å². The SMILES string of the molecule is C#COC(=O)/C(C(=O)OC)=C(/O)C(Br)(Br)Br. The predicted octanol–water partition coefficient (Wildman–Crippen LogP) is 1.94. The second kappa shape index (κ2) is 6.27. The zero-order chi connectivity index (χ0) is 12.9. The first-order valence-electron chi connectivity index (χ1n) is 3.51. The maximum absolute atomic E-state index is 11.3. The van der Waals surface area contributed by atoms with Crippen LogP contribution in [-0.4, -0.2) is 26.3 Å². The third-order valence-corrected chi connectivity index (χ3v) is 2.38. The Bertz CT molecular complexity index is 374. The number of allylic oxidation sites excluding steroid dienone is 1. The summed E-state index contributed by atoms with van der Waals surface area (Å²) in [6.07, 6.45) is 6.32. The number of hydrogen-bond acceptors (Lipinski definition) is 5. The number of methoxy groups -OCH3 is 1. The van der Waals surface area contributed by atoms with Gasteiger partial charge in [0.1, 0.15) is 6.11 Å². The van der Waals surface area contributed by atoms with E-state index in [1.54, 1.807) is 6.11 Å². The molecule has 0 unspecified atom stereocenters. The summed E-state index contributed by atoms with van der Waals surface area (Å²) in [4.78, 5) is 22.5. The number of carbonyl (C=O) groups excluding carboxylic acids is 2. The van der Waals surface area contributed by atoms with E-state index in [9.17, 15) is 14.7 Å². The van der Waals surface area contributed by atoms with Gasteiger partial charge < -0.3 is 14.6 Å². The van der Waals surface area contributed by atoms with Crippen molar-refractivity contribution in [2.24, 2.45) is 0 Å². The van der Waals surface area contributed by atoms with Crippen LogP contribution < -0.4 is 0 Å². The molecule has 16 heavy (non-hydrogen) atoms.